The molecule has 0 amide bonds. The van der Waals surface area contributed by atoms with Crippen LogP contribution < -0.4 is 0 Å². The van der Waals surface area contributed by atoms with Gasteiger partial charge in [-0.2, -0.15) is 0 Å². The van der Waals surface area contributed by atoms with Crippen molar-refractivity contribution >= 4 is 15.9 Å². The van der Waals surface area contributed by atoms with Gasteiger partial charge in [-0.3, -0.25) is 4.98 Å². The SMILES string of the molecule is CC(O)(Cc1ccc(F)c(Br)c1)c1ccc(F)cn1. The normalized spacial score (nSPS) is 14.2. The lowest BCUT2D eigenvalue weighted by atomic mass is 9.93. The van der Waals surface area contributed by atoms with Crippen molar-refractivity contribution in [2.45, 2.75) is 18.9 Å². The molecule has 1 aromatic carbocycles. The Morgan fingerprint density at radius 2 is 2.00 bits per heavy atom. The number of hydrogen-bond acceptors (Lipinski definition) is 2. The van der Waals surface area contributed by atoms with Gasteiger partial charge in [0.15, 0.2) is 0 Å². The van der Waals surface area contributed by atoms with E-state index in [1.54, 1.807) is 19.1 Å². The molecule has 0 saturated carbocycles. The number of aliphatic hydroxyl groups is 1. The number of aromatic nitrogens is 1. The number of pyridine rings is 1. The number of benzene rings is 1. The Bertz CT molecular complexity index is 584. The molecule has 5 heteroatoms. The maximum atomic E-state index is 13.1. The van der Waals surface area contributed by atoms with Crippen LogP contribution in [-0.2, 0) is 12.0 Å². The topological polar surface area (TPSA) is 33.1 Å². The van der Waals surface area contributed by atoms with E-state index in [0.29, 0.717) is 10.2 Å². The van der Waals surface area contributed by atoms with Gasteiger partial charge in [-0.05, 0) is 52.7 Å². The molecule has 0 bridgehead atoms. The summed E-state index contributed by atoms with van der Waals surface area (Å²) in [4.78, 5) is 3.88. The molecule has 100 valence electrons. The summed E-state index contributed by atoms with van der Waals surface area (Å²) in [6, 6.07) is 7.21. The van der Waals surface area contributed by atoms with E-state index < -0.39 is 11.4 Å². The van der Waals surface area contributed by atoms with Crippen molar-refractivity contribution in [3.8, 4) is 0 Å². The first-order valence-electron chi connectivity index (χ1n) is 5.67. The first-order chi connectivity index (χ1) is 8.88. The van der Waals surface area contributed by atoms with Gasteiger partial charge < -0.3 is 5.11 Å². The molecule has 19 heavy (non-hydrogen) atoms. The third kappa shape index (κ3) is 3.36. The zero-order valence-electron chi connectivity index (χ0n) is 10.2. The second-order valence-corrected chi connectivity index (χ2v) is 5.42. The van der Waals surface area contributed by atoms with E-state index in [-0.39, 0.29) is 12.2 Å². The van der Waals surface area contributed by atoms with Crippen LogP contribution in [-0.4, -0.2) is 10.1 Å². The van der Waals surface area contributed by atoms with Gasteiger partial charge in [0.1, 0.15) is 17.2 Å². The van der Waals surface area contributed by atoms with Crippen molar-refractivity contribution in [1.82, 2.24) is 4.98 Å². The summed E-state index contributed by atoms with van der Waals surface area (Å²) >= 11 is 3.10. The van der Waals surface area contributed by atoms with Gasteiger partial charge in [0.25, 0.3) is 0 Å². The van der Waals surface area contributed by atoms with Gasteiger partial charge in [0, 0.05) is 6.42 Å². The summed E-state index contributed by atoms with van der Waals surface area (Å²) in [6.07, 6.45) is 1.31. The summed E-state index contributed by atoms with van der Waals surface area (Å²) in [5.41, 5.74) is -0.121. The van der Waals surface area contributed by atoms with Crippen LogP contribution >= 0.6 is 15.9 Å². The second kappa shape index (κ2) is 5.35. The average Bonchev–Trinajstić information content (AvgIpc) is 2.34. The summed E-state index contributed by atoms with van der Waals surface area (Å²) in [6.45, 7) is 1.59. The van der Waals surface area contributed by atoms with Crippen molar-refractivity contribution in [3.63, 3.8) is 0 Å². The third-order valence-electron chi connectivity index (χ3n) is 2.81. The minimum atomic E-state index is -1.25. The minimum absolute atomic E-state index is 0.254. The quantitative estimate of drug-likeness (QED) is 0.934. The molecule has 2 nitrogen and oxygen atoms in total. The van der Waals surface area contributed by atoms with Gasteiger partial charge in [-0.15, -0.1) is 0 Å². The molecule has 1 atom stereocenters. The molecule has 0 spiro atoms. The third-order valence-corrected chi connectivity index (χ3v) is 3.42. The fourth-order valence-corrected chi connectivity index (χ4v) is 2.26. The number of hydrogen-bond donors (Lipinski definition) is 1. The van der Waals surface area contributed by atoms with Crippen LogP contribution in [0.15, 0.2) is 41.0 Å². The zero-order valence-corrected chi connectivity index (χ0v) is 11.8. The maximum absolute atomic E-state index is 13.1. The molecule has 1 N–H and O–H groups in total. The van der Waals surface area contributed by atoms with Gasteiger partial charge in [0.2, 0.25) is 0 Å². The summed E-state index contributed by atoms with van der Waals surface area (Å²) < 4.78 is 26.3. The van der Waals surface area contributed by atoms with Crippen molar-refractivity contribution in [3.05, 3.63) is 63.9 Å². The van der Waals surface area contributed by atoms with Crippen molar-refractivity contribution in [1.29, 1.82) is 0 Å². The van der Waals surface area contributed by atoms with Crippen molar-refractivity contribution in [2.24, 2.45) is 0 Å². The fourth-order valence-electron chi connectivity index (χ4n) is 1.83. The predicted molar refractivity (Wildman–Crippen MR) is 71.6 cm³/mol. The highest BCUT2D eigenvalue weighted by atomic mass is 79.9. The molecule has 0 fully saturated rings. The van der Waals surface area contributed by atoms with Crippen LogP contribution in [0.5, 0.6) is 0 Å². The minimum Gasteiger partial charge on any atom is -0.383 e. The number of rotatable bonds is 3. The molecule has 1 unspecified atom stereocenters. The molecule has 0 aliphatic carbocycles. The molecule has 0 radical (unpaired) electrons. The Labute approximate surface area is 118 Å². The first kappa shape index (κ1) is 14.1. The van der Waals surface area contributed by atoms with Gasteiger partial charge in [0.05, 0.1) is 16.4 Å². The predicted octanol–water partition coefficient (Wildman–Crippen LogP) is 3.57. The standard InChI is InChI=1S/C14H12BrF2NO/c1-14(19,13-5-3-10(16)8-18-13)7-9-2-4-12(17)11(15)6-9/h2-6,8,19H,7H2,1H3. The molecule has 2 rings (SSSR count). The fraction of sp³-hybridized carbons (Fsp3) is 0.214. The molecular formula is C14H12BrF2NO. The Morgan fingerprint density at radius 3 is 2.58 bits per heavy atom. The van der Waals surface area contributed by atoms with Crippen LogP contribution in [0.1, 0.15) is 18.2 Å². The van der Waals surface area contributed by atoms with Crippen molar-refractivity contribution in [2.75, 3.05) is 0 Å². The first-order valence-corrected chi connectivity index (χ1v) is 6.46. The Balaban J connectivity index is 2.25. The molecule has 0 aliphatic heterocycles. The Morgan fingerprint density at radius 1 is 1.26 bits per heavy atom. The Hall–Kier alpha value is -1.33. The van der Waals surface area contributed by atoms with E-state index >= 15 is 0 Å². The van der Waals surface area contributed by atoms with Crippen molar-refractivity contribution < 1.29 is 13.9 Å². The molecule has 0 aliphatic rings. The second-order valence-electron chi connectivity index (χ2n) is 4.56. The maximum Gasteiger partial charge on any atom is 0.141 e. The zero-order chi connectivity index (χ0) is 14.0. The van der Waals surface area contributed by atoms with Gasteiger partial charge in [-0.25, -0.2) is 8.78 Å². The van der Waals surface area contributed by atoms with E-state index in [4.69, 9.17) is 0 Å². The average molecular weight is 328 g/mol. The summed E-state index contributed by atoms with van der Waals surface area (Å²) in [5, 5.41) is 10.4. The molecule has 1 heterocycles. The monoisotopic (exact) mass is 327 g/mol. The van der Waals surface area contributed by atoms with Crippen LogP contribution in [0.2, 0.25) is 0 Å². The lowest BCUT2D eigenvalue weighted by Crippen LogP contribution is -2.25. The summed E-state index contributed by atoms with van der Waals surface area (Å²) in [5.74, 6) is -0.813. The lowest BCUT2D eigenvalue weighted by molar-refractivity contribution is 0.0529. The van der Waals surface area contributed by atoms with E-state index in [1.807, 2.05) is 0 Å². The highest BCUT2D eigenvalue weighted by Crippen LogP contribution is 2.26. The van der Waals surface area contributed by atoms with Crippen LogP contribution in [0, 0.1) is 11.6 Å². The van der Waals surface area contributed by atoms with Gasteiger partial charge >= 0.3 is 0 Å². The lowest BCUT2D eigenvalue weighted by Gasteiger charge is -2.22. The smallest absolute Gasteiger partial charge is 0.141 e. The number of halogens is 3. The van der Waals surface area contributed by atoms with E-state index in [0.717, 1.165) is 11.8 Å². The van der Waals surface area contributed by atoms with E-state index in [2.05, 4.69) is 20.9 Å². The van der Waals surface area contributed by atoms with E-state index in [9.17, 15) is 13.9 Å². The molecular weight excluding hydrogens is 316 g/mol. The summed E-state index contributed by atoms with van der Waals surface area (Å²) in [7, 11) is 0. The Kier molecular flexibility index (Phi) is 3.96. The molecule has 1 aromatic heterocycles. The largest absolute Gasteiger partial charge is 0.383 e. The van der Waals surface area contributed by atoms with E-state index in [1.165, 1.54) is 18.2 Å². The van der Waals surface area contributed by atoms with Crippen LogP contribution in [0.3, 0.4) is 0 Å². The molecule has 2 aromatic rings. The molecule has 0 saturated heterocycles. The number of nitrogens with zero attached hydrogens (tertiary/aromatic N) is 1. The highest BCUT2D eigenvalue weighted by Gasteiger charge is 2.25. The highest BCUT2D eigenvalue weighted by molar-refractivity contribution is 9.10. The van der Waals surface area contributed by atoms with Crippen LogP contribution in [0.4, 0.5) is 8.78 Å². The van der Waals surface area contributed by atoms with Gasteiger partial charge in [-0.1, -0.05) is 6.07 Å². The van der Waals surface area contributed by atoms with Crippen LogP contribution in [0.25, 0.3) is 0 Å².